The molecule has 1 radical (unpaired) electrons. The fourth-order valence-electron chi connectivity index (χ4n) is 3.26. The first kappa shape index (κ1) is 22.2. The van der Waals surface area contributed by atoms with E-state index in [1.165, 1.54) is 0 Å². The molecule has 0 saturated heterocycles. The maximum absolute atomic E-state index is 13.1. The van der Waals surface area contributed by atoms with Crippen LogP contribution in [0.5, 0.6) is 5.75 Å². The number of ketones is 1. The number of fused-ring (bicyclic) bond motifs is 1. The van der Waals surface area contributed by atoms with Crippen molar-refractivity contribution in [2.75, 3.05) is 6.61 Å². The standard InChI is InChI=1S/C19H17Cl2NO4.Na/c1-19(12-4-2-10(8-22)3-5-12)7-11-6-13(26-9-14(23)24)16(20)17(21)15(11)18(19)25;/h2-6H,7-9,22H2,1H3,(H,23,24);. The molecule has 3 rings (SSSR count). The van der Waals surface area contributed by atoms with E-state index in [0.717, 1.165) is 11.1 Å². The van der Waals surface area contributed by atoms with Crippen molar-refractivity contribution in [3.05, 3.63) is 62.6 Å². The van der Waals surface area contributed by atoms with E-state index in [0.29, 0.717) is 24.1 Å². The van der Waals surface area contributed by atoms with Crippen molar-refractivity contribution in [1.82, 2.24) is 0 Å². The van der Waals surface area contributed by atoms with Crippen molar-refractivity contribution in [3.8, 4) is 5.75 Å². The molecule has 0 heterocycles. The average Bonchev–Trinajstić information content (AvgIpc) is 2.88. The van der Waals surface area contributed by atoms with Crippen LogP contribution in [-0.4, -0.2) is 53.0 Å². The zero-order valence-electron chi connectivity index (χ0n) is 15.0. The van der Waals surface area contributed by atoms with Gasteiger partial charge < -0.3 is 15.6 Å². The Morgan fingerprint density at radius 2 is 1.89 bits per heavy atom. The monoisotopic (exact) mass is 416 g/mol. The van der Waals surface area contributed by atoms with E-state index < -0.39 is 18.0 Å². The molecule has 2 aromatic rings. The number of carboxylic acids is 1. The number of Topliss-reactive ketones (excluding diaryl/α,β-unsaturated/α-hetero) is 1. The minimum atomic E-state index is -1.13. The quantitative estimate of drug-likeness (QED) is 0.730. The zero-order valence-corrected chi connectivity index (χ0v) is 18.5. The van der Waals surface area contributed by atoms with E-state index in [-0.39, 0.29) is 51.1 Å². The van der Waals surface area contributed by atoms with Crippen LogP contribution >= 0.6 is 23.2 Å². The average molecular weight is 417 g/mol. The number of carboxylic acid groups (broad SMARTS) is 1. The Labute approximate surface area is 189 Å². The van der Waals surface area contributed by atoms with Gasteiger partial charge in [0.2, 0.25) is 0 Å². The maximum atomic E-state index is 13.1. The summed E-state index contributed by atoms with van der Waals surface area (Å²) in [5.41, 5.74) is 7.74. The molecule has 3 N–H and O–H groups in total. The molecule has 0 saturated carbocycles. The normalized spacial score (nSPS) is 18.0. The molecule has 0 aromatic heterocycles. The SMILES string of the molecule is CC1(c2ccc(CN)cc2)Cc2cc(OCC(=O)O)c(Cl)c(Cl)c2C1=O.[Na]. The van der Waals surface area contributed by atoms with E-state index in [1.54, 1.807) is 6.07 Å². The van der Waals surface area contributed by atoms with Gasteiger partial charge in [0, 0.05) is 41.7 Å². The van der Waals surface area contributed by atoms with Gasteiger partial charge in [0.05, 0.1) is 10.4 Å². The Kier molecular flexibility index (Phi) is 7.01. The fourth-order valence-corrected chi connectivity index (χ4v) is 3.76. The largest absolute Gasteiger partial charge is 0.480 e. The van der Waals surface area contributed by atoms with Crippen molar-refractivity contribution in [1.29, 1.82) is 0 Å². The molecule has 5 nitrogen and oxygen atoms in total. The molecule has 8 heteroatoms. The molecule has 1 atom stereocenters. The minimum absolute atomic E-state index is 0. The first-order valence-corrected chi connectivity index (χ1v) is 8.73. The molecule has 0 fully saturated rings. The smallest absolute Gasteiger partial charge is 0.341 e. The number of halogens is 2. The van der Waals surface area contributed by atoms with Gasteiger partial charge in [0.15, 0.2) is 12.4 Å². The number of benzene rings is 2. The van der Waals surface area contributed by atoms with E-state index in [2.05, 4.69) is 0 Å². The van der Waals surface area contributed by atoms with E-state index in [1.807, 2.05) is 31.2 Å². The van der Waals surface area contributed by atoms with Crippen molar-refractivity contribution in [2.45, 2.75) is 25.3 Å². The van der Waals surface area contributed by atoms with Crippen LogP contribution < -0.4 is 10.5 Å². The van der Waals surface area contributed by atoms with Gasteiger partial charge in [0.25, 0.3) is 0 Å². The topological polar surface area (TPSA) is 89.6 Å². The van der Waals surface area contributed by atoms with Gasteiger partial charge in [0.1, 0.15) is 10.8 Å². The molecule has 1 aliphatic rings. The zero-order chi connectivity index (χ0) is 19.1. The number of rotatable bonds is 5. The van der Waals surface area contributed by atoms with Gasteiger partial charge in [-0.05, 0) is 36.1 Å². The van der Waals surface area contributed by atoms with Crippen LogP contribution in [0.25, 0.3) is 0 Å². The third-order valence-electron chi connectivity index (χ3n) is 4.71. The van der Waals surface area contributed by atoms with Gasteiger partial charge in [-0.1, -0.05) is 47.5 Å². The van der Waals surface area contributed by atoms with Crippen molar-refractivity contribution in [3.63, 3.8) is 0 Å². The number of hydrogen-bond acceptors (Lipinski definition) is 4. The number of ether oxygens (including phenoxy) is 1. The first-order chi connectivity index (χ1) is 12.3. The molecule has 1 aliphatic carbocycles. The fraction of sp³-hybridized carbons (Fsp3) is 0.263. The minimum Gasteiger partial charge on any atom is -0.480 e. The summed E-state index contributed by atoms with van der Waals surface area (Å²) in [5.74, 6) is -1.09. The van der Waals surface area contributed by atoms with Crippen molar-refractivity contribution >= 4 is 64.5 Å². The van der Waals surface area contributed by atoms with Crippen LogP contribution in [0.3, 0.4) is 0 Å². The summed E-state index contributed by atoms with van der Waals surface area (Å²) >= 11 is 12.5. The predicted octanol–water partition coefficient (Wildman–Crippen LogP) is 3.23. The Morgan fingerprint density at radius 1 is 1.26 bits per heavy atom. The molecule has 0 amide bonds. The third kappa shape index (κ3) is 4.04. The van der Waals surface area contributed by atoms with Crippen LogP contribution in [0.15, 0.2) is 30.3 Å². The van der Waals surface area contributed by atoms with E-state index in [4.69, 9.17) is 38.8 Å². The summed E-state index contributed by atoms with van der Waals surface area (Å²) < 4.78 is 5.20. The van der Waals surface area contributed by atoms with Crippen LogP contribution in [0.1, 0.15) is 34.0 Å². The molecule has 0 spiro atoms. The van der Waals surface area contributed by atoms with Crippen LogP contribution in [-0.2, 0) is 23.2 Å². The van der Waals surface area contributed by atoms with Crippen molar-refractivity contribution in [2.24, 2.45) is 5.73 Å². The second kappa shape index (κ2) is 8.52. The van der Waals surface area contributed by atoms with Crippen LogP contribution in [0.4, 0.5) is 0 Å². The Bertz CT molecular complexity index is 902. The Morgan fingerprint density at radius 3 is 2.44 bits per heavy atom. The number of nitrogens with two attached hydrogens (primary N) is 1. The van der Waals surface area contributed by atoms with Gasteiger partial charge in [-0.2, -0.15) is 0 Å². The predicted molar refractivity (Wildman–Crippen MR) is 105 cm³/mol. The molecule has 0 bridgehead atoms. The van der Waals surface area contributed by atoms with Crippen molar-refractivity contribution < 1.29 is 19.4 Å². The van der Waals surface area contributed by atoms with Gasteiger partial charge >= 0.3 is 5.97 Å². The molecular weight excluding hydrogens is 400 g/mol. The number of carbonyl (C=O) groups excluding carboxylic acids is 1. The number of hydrogen-bond donors (Lipinski definition) is 2. The maximum Gasteiger partial charge on any atom is 0.341 e. The number of carbonyl (C=O) groups is 2. The van der Waals surface area contributed by atoms with Crippen LogP contribution in [0, 0.1) is 0 Å². The summed E-state index contributed by atoms with van der Waals surface area (Å²) in [5, 5.41) is 8.92. The third-order valence-corrected chi connectivity index (χ3v) is 5.56. The van der Waals surface area contributed by atoms with Gasteiger partial charge in [-0.25, -0.2) is 4.79 Å². The van der Waals surface area contributed by atoms with Crippen LogP contribution in [0.2, 0.25) is 10.0 Å². The second-order valence-corrected chi connectivity index (χ2v) is 7.21. The summed E-state index contributed by atoms with van der Waals surface area (Å²) in [4.78, 5) is 23.9. The molecule has 0 aliphatic heterocycles. The summed E-state index contributed by atoms with van der Waals surface area (Å²) in [6.07, 6.45) is 0.420. The van der Waals surface area contributed by atoms with Gasteiger partial charge in [-0.3, -0.25) is 4.79 Å². The van der Waals surface area contributed by atoms with E-state index in [9.17, 15) is 9.59 Å². The number of aliphatic carboxylic acids is 1. The molecular formula is C19H17Cl2NNaO4. The molecule has 27 heavy (non-hydrogen) atoms. The molecule has 137 valence electrons. The molecule has 2 aromatic carbocycles. The van der Waals surface area contributed by atoms with E-state index >= 15 is 0 Å². The Hall–Kier alpha value is -1.08. The summed E-state index contributed by atoms with van der Waals surface area (Å²) in [6, 6.07) is 9.18. The summed E-state index contributed by atoms with van der Waals surface area (Å²) in [6.45, 7) is 1.74. The Balaban J connectivity index is 0.00000261. The van der Waals surface area contributed by atoms with Gasteiger partial charge in [-0.15, -0.1) is 0 Å². The first-order valence-electron chi connectivity index (χ1n) is 7.97. The second-order valence-electron chi connectivity index (χ2n) is 6.46. The summed E-state index contributed by atoms with van der Waals surface area (Å²) in [7, 11) is 0. The molecule has 1 unspecified atom stereocenters.